The third-order valence-corrected chi connectivity index (χ3v) is 6.51. The molecule has 0 bridgehead atoms. The number of Topliss-reactive ketones (excluding diaryl/α,β-unsaturated/α-hetero) is 1. The number of carboxylic acid groups (broad SMARTS) is 1. The molecule has 0 saturated heterocycles. The molecule has 1 heterocycles. The number of benzene rings is 2. The number of para-hydroxylation sites is 1. The lowest BCUT2D eigenvalue weighted by molar-refractivity contribution is -0.141. The number of anilines is 2. The van der Waals surface area contributed by atoms with Crippen molar-refractivity contribution in [2.24, 2.45) is 0 Å². The molecule has 3 rings (SSSR count). The van der Waals surface area contributed by atoms with Crippen molar-refractivity contribution in [2.75, 3.05) is 24.3 Å². The SMILES string of the molecule is COc1cc(CC(=O)CNCc2csc(CC(NC(C)=O)C(=O)O)n2)ccc1NC(=O)Nc1ccccc1C. The van der Waals surface area contributed by atoms with Crippen molar-refractivity contribution in [1.82, 2.24) is 15.6 Å². The number of methoxy groups -OCH3 is 1. The topological polar surface area (TPSA) is 159 Å². The first-order chi connectivity index (χ1) is 18.6. The van der Waals surface area contributed by atoms with Gasteiger partial charge in [0.25, 0.3) is 0 Å². The molecule has 1 aromatic heterocycles. The van der Waals surface area contributed by atoms with E-state index in [2.05, 4.69) is 26.3 Å². The number of nitrogens with one attached hydrogen (secondary N) is 4. The first-order valence-electron chi connectivity index (χ1n) is 12.1. The molecule has 0 aliphatic carbocycles. The van der Waals surface area contributed by atoms with Crippen molar-refractivity contribution in [2.45, 2.75) is 39.3 Å². The molecule has 2 aromatic carbocycles. The minimum Gasteiger partial charge on any atom is -0.495 e. The van der Waals surface area contributed by atoms with Crippen LogP contribution in [0, 0.1) is 6.92 Å². The molecule has 0 radical (unpaired) electrons. The number of ketones is 1. The number of hydrogen-bond acceptors (Lipinski definition) is 8. The third-order valence-electron chi connectivity index (χ3n) is 5.59. The highest BCUT2D eigenvalue weighted by atomic mass is 32.1. The van der Waals surface area contributed by atoms with E-state index >= 15 is 0 Å². The van der Waals surface area contributed by atoms with Gasteiger partial charge in [0.2, 0.25) is 5.91 Å². The number of aryl methyl sites for hydroxylation is 1. The van der Waals surface area contributed by atoms with Crippen LogP contribution in [0.15, 0.2) is 47.8 Å². The maximum Gasteiger partial charge on any atom is 0.326 e. The maximum absolute atomic E-state index is 12.5. The Kier molecular flexibility index (Phi) is 10.5. The fraction of sp³-hybridized carbons (Fsp3) is 0.296. The van der Waals surface area contributed by atoms with Crippen molar-refractivity contribution >= 4 is 46.4 Å². The number of aliphatic carboxylic acids is 1. The first-order valence-corrected chi connectivity index (χ1v) is 13.0. The van der Waals surface area contributed by atoms with Gasteiger partial charge in [-0.1, -0.05) is 24.3 Å². The molecule has 0 spiro atoms. The van der Waals surface area contributed by atoms with Crippen LogP contribution in [-0.2, 0) is 33.8 Å². The standard InChI is InChI=1S/C27H31N5O6S/c1-16-6-4-5-7-21(16)31-27(37)32-22-9-8-18(11-24(22)38-3)10-20(34)14-28-13-19-15-39-25(30-19)12-23(26(35)36)29-17(2)33/h4-9,11,15,23,28H,10,12-14H2,1-3H3,(H,29,33)(H,35,36)(H2,31,32,37). The van der Waals surface area contributed by atoms with E-state index in [1.54, 1.807) is 23.6 Å². The van der Waals surface area contributed by atoms with Gasteiger partial charge in [0.1, 0.15) is 11.8 Å². The second-order valence-electron chi connectivity index (χ2n) is 8.78. The zero-order valence-electron chi connectivity index (χ0n) is 21.9. The lowest BCUT2D eigenvalue weighted by Crippen LogP contribution is -2.41. The van der Waals surface area contributed by atoms with Crippen LogP contribution in [-0.4, -0.2) is 53.5 Å². The lowest BCUT2D eigenvalue weighted by Gasteiger charge is -2.13. The Balaban J connectivity index is 1.48. The molecule has 11 nitrogen and oxygen atoms in total. The number of hydrogen-bond donors (Lipinski definition) is 5. The summed E-state index contributed by atoms with van der Waals surface area (Å²) in [4.78, 5) is 51.9. The third kappa shape index (κ3) is 9.20. The van der Waals surface area contributed by atoms with Gasteiger partial charge in [0, 0.05) is 37.4 Å². The monoisotopic (exact) mass is 553 g/mol. The van der Waals surface area contributed by atoms with E-state index in [1.165, 1.54) is 25.4 Å². The molecular formula is C27H31N5O6S. The fourth-order valence-corrected chi connectivity index (χ4v) is 4.54. The highest BCUT2D eigenvalue weighted by Gasteiger charge is 2.20. The van der Waals surface area contributed by atoms with E-state index in [0.29, 0.717) is 34.4 Å². The number of carboxylic acids is 1. The van der Waals surface area contributed by atoms with E-state index in [4.69, 9.17) is 4.74 Å². The summed E-state index contributed by atoms with van der Waals surface area (Å²) in [6.07, 6.45) is 0.247. The number of aromatic nitrogens is 1. The normalized spacial score (nSPS) is 11.4. The molecule has 0 saturated carbocycles. The number of carbonyl (C=O) groups is 4. The van der Waals surface area contributed by atoms with Crippen LogP contribution in [0.2, 0.25) is 0 Å². The van der Waals surface area contributed by atoms with Gasteiger partial charge in [-0.3, -0.25) is 9.59 Å². The molecule has 206 valence electrons. The molecule has 39 heavy (non-hydrogen) atoms. The second kappa shape index (κ2) is 14.0. The van der Waals surface area contributed by atoms with E-state index in [-0.39, 0.29) is 25.2 Å². The predicted octanol–water partition coefficient (Wildman–Crippen LogP) is 3.14. The van der Waals surface area contributed by atoms with Crippen molar-refractivity contribution in [3.05, 3.63) is 69.7 Å². The summed E-state index contributed by atoms with van der Waals surface area (Å²) in [6, 6.07) is 11.1. The number of thiazole rings is 1. The summed E-state index contributed by atoms with van der Waals surface area (Å²) in [7, 11) is 1.49. The van der Waals surface area contributed by atoms with Gasteiger partial charge in [0.15, 0.2) is 5.78 Å². The zero-order chi connectivity index (χ0) is 28.4. The minimum absolute atomic E-state index is 0.0536. The van der Waals surface area contributed by atoms with Crippen molar-refractivity contribution in [3.63, 3.8) is 0 Å². The predicted molar refractivity (Wildman–Crippen MR) is 148 cm³/mol. The number of amides is 3. The van der Waals surface area contributed by atoms with Crippen molar-refractivity contribution in [3.8, 4) is 5.75 Å². The molecule has 1 unspecified atom stereocenters. The van der Waals surface area contributed by atoms with Crippen LogP contribution in [0.4, 0.5) is 16.2 Å². The number of urea groups is 1. The Hall–Kier alpha value is -4.29. The Labute approximate surface area is 230 Å². The highest BCUT2D eigenvalue weighted by Crippen LogP contribution is 2.26. The van der Waals surface area contributed by atoms with Gasteiger partial charge in [-0.15, -0.1) is 11.3 Å². The molecular weight excluding hydrogens is 522 g/mol. The average Bonchev–Trinajstić information content (AvgIpc) is 3.32. The molecule has 3 amide bonds. The van der Waals surface area contributed by atoms with Gasteiger partial charge in [-0.2, -0.15) is 0 Å². The summed E-state index contributed by atoms with van der Waals surface area (Å²) < 4.78 is 5.41. The van der Waals surface area contributed by atoms with E-state index in [1.807, 2.05) is 31.2 Å². The molecule has 0 fully saturated rings. The van der Waals surface area contributed by atoms with Gasteiger partial charge < -0.3 is 31.1 Å². The van der Waals surface area contributed by atoms with Crippen LogP contribution in [0.3, 0.4) is 0 Å². The molecule has 3 aromatic rings. The van der Waals surface area contributed by atoms with Crippen LogP contribution < -0.4 is 26.0 Å². The zero-order valence-corrected chi connectivity index (χ0v) is 22.7. The van der Waals surface area contributed by atoms with Gasteiger partial charge in [-0.05, 0) is 36.2 Å². The maximum atomic E-state index is 12.5. The van der Waals surface area contributed by atoms with Crippen LogP contribution in [0.1, 0.15) is 28.8 Å². The Morgan fingerprint density at radius 3 is 2.51 bits per heavy atom. The Morgan fingerprint density at radius 2 is 1.82 bits per heavy atom. The van der Waals surface area contributed by atoms with Gasteiger partial charge >= 0.3 is 12.0 Å². The summed E-state index contributed by atoms with van der Waals surface area (Å²) in [5.41, 5.74) is 3.52. The molecule has 1 atom stereocenters. The summed E-state index contributed by atoms with van der Waals surface area (Å²) in [6.45, 7) is 3.61. The van der Waals surface area contributed by atoms with Crippen LogP contribution >= 0.6 is 11.3 Å². The Morgan fingerprint density at radius 1 is 1.08 bits per heavy atom. The van der Waals surface area contributed by atoms with E-state index in [0.717, 1.165) is 11.1 Å². The van der Waals surface area contributed by atoms with Gasteiger partial charge in [-0.25, -0.2) is 14.6 Å². The molecule has 12 heteroatoms. The van der Waals surface area contributed by atoms with Crippen molar-refractivity contribution < 1.29 is 29.0 Å². The number of carbonyl (C=O) groups excluding carboxylic acids is 3. The van der Waals surface area contributed by atoms with Crippen LogP contribution in [0.5, 0.6) is 5.75 Å². The quantitative estimate of drug-likeness (QED) is 0.216. The van der Waals surface area contributed by atoms with E-state index in [9.17, 15) is 24.3 Å². The largest absolute Gasteiger partial charge is 0.495 e. The summed E-state index contributed by atoms with van der Waals surface area (Å²) in [5.74, 6) is -1.17. The van der Waals surface area contributed by atoms with Gasteiger partial charge in [0.05, 0.1) is 30.0 Å². The average molecular weight is 554 g/mol. The smallest absolute Gasteiger partial charge is 0.326 e. The van der Waals surface area contributed by atoms with Crippen LogP contribution in [0.25, 0.3) is 0 Å². The Bertz CT molecular complexity index is 1340. The lowest BCUT2D eigenvalue weighted by atomic mass is 10.1. The highest BCUT2D eigenvalue weighted by molar-refractivity contribution is 7.09. The summed E-state index contributed by atoms with van der Waals surface area (Å²) in [5, 5.41) is 22.6. The fourth-order valence-electron chi connectivity index (χ4n) is 3.70. The van der Waals surface area contributed by atoms with E-state index < -0.39 is 23.9 Å². The number of ether oxygens (including phenoxy) is 1. The molecule has 0 aliphatic rings. The second-order valence-corrected chi connectivity index (χ2v) is 9.72. The molecule has 5 N–H and O–H groups in total. The van der Waals surface area contributed by atoms with Crippen molar-refractivity contribution in [1.29, 1.82) is 0 Å². The summed E-state index contributed by atoms with van der Waals surface area (Å²) >= 11 is 1.30. The first kappa shape index (κ1) is 29.3. The minimum atomic E-state index is -1.13. The number of rotatable bonds is 13. The number of nitrogens with zero attached hydrogens (tertiary/aromatic N) is 1. The molecule has 0 aliphatic heterocycles.